The molecule has 0 rings (SSSR count). The van der Waals surface area contributed by atoms with E-state index in [4.69, 9.17) is 5.11 Å². The summed E-state index contributed by atoms with van der Waals surface area (Å²) < 4.78 is 0. The monoisotopic (exact) mass is 105 g/mol. The minimum absolute atomic E-state index is 0.0521. The summed E-state index contributed by atoms with van der Waals surface area (Å²) in [5.41, 5.74) is 0.591. The smallest absolute Gasteiger partial charge is 0.309 e. The molecular formula is C3H7NO3. The van der Waals surface area contributed by atoms with Crippen molar-refractivity contribution in [3.05, 3.63) is 5.21 Å². The van der Waals surface area contributed by atoms with Crippen LogP contribution in [0.25, 0.3) is 0 Å². The molecule has 3 N–H and O–H groups in total. The van der Waals surface area contributed by atoms with Gasteiger partial charge in [-0.1, -0.05) is 0 Å². The largest absolute Gasteiger partial charge is 0.636 e. The van der Waals surface area contributed by atoms with Crippen molar-refractivity contribution >= 4 is 5.97 Å². The second-order valence-electron chi connectivity index (χ2n) is 1.10. The van der Waals surface area contributed by atoms with Gasteiger partial charge in [0, 0.05) is 0 Å². The minimum Gasteiger partial charge on any atom is -0.636 e. The predicted molar refractivity (Wildman–Crippen MR) is 22.4 cm³/mol. The molecule has 0 aromatic carbocycles. The molecule has 0 aromatic heterocycles. The fraction of sp³-hybridized carbons (Fsp3) is 0.667. The molecule has 4 nitrogen and oxygen atoms in total. The van der Waals surface area contributed by atoms with E-state index < -0.39 is 5.97 Å². The van der Waals surface area contributed by atoms with Crippen LogP contribution in [0.5, 0.6) is 0 Å². The number of carboxylic acid groups (broad SMARTS) is 1. The maximum Gasteiger partial charge on any atom is 0.309 e. The van der Waals surface area contributed by atoms with Crippen molar-refractivity contribution in [1.82, 2.24) is 0 Å². The number of hydroxylamine groups is 1. The van der Waals surface area contributed by atoms with Gasteiger partial charge < -0.3 is 15.8 Å². The fourth-order valence-electron chi connectivity index (χ4n) is 0.182. The third-order valence-electron chi connectivity index (χ3n) is 0.476. The topological polar surface area (TPSA) is 77.0 Å². The molecular weight excluding hydrogens is 98.0 g/mol. The van der Waals surface area contributed by atoms with Gasteiger partial charge in [0.2, 0.25) is 0 Å². The highest BCUT2D eigenvalue weighted by Crippen LogP contribution is 1.67. The van der Waals surface area contributed by atoms with Crippen molar-refractivity contribution in [2.45, 2.75) is 6.42 Å². The molecule has 0 aliphatic heterocycles. The number of carbonyl (C=O) groups is 1. The van der Waals surface area contributed by atoms with E-state index in [1.165, 1.54) is 0 Å². The summed E-state index contributed by atoms with van der Waals surface area (Å²) >= 11 is 0. The predicted octanol–water partition coefficient (Wildman–Crippen LogP) is -1.48. The molecule has 0 bridgehead atoms. The number of hydrogen-bond acceptors (Lipinski definition) is 2. The Kier molecular flexibility index (Phi) is 3.26. The first-order chi connectivity index (χ1) is 3.27. The maximum atomic E-state index is 9.60. The summed E-state index contributed by atoms with van der Waals surface area (Å²) in [5.74, 6) is -0.924. The van der Waals surface area contributed by atoms with Crippen molar-refractivity contribution in [1.29, 1.82) is 0 Å². The number of rotatable bonds is 3. The molecule has 0 fully saturated rings. The SMILES string of the molecule is O=C(O)CC[NH2+][O-]. The Labute approximate surface area is 40.7 Å². The normalized spacial score (nSPS) is 8.71. The minimum atomic E-state index is -0.924. The molecule has 0 unspecified atom stereocenters. The van der Waals surface area contributed by atoms with Crippen LogP contribution in [0.2, 0.25) is 0 Å². The molecule has 4 heteroatoms. The van der Waals surface area contributed by atoms with Crippen LogP contribution in [-0.4, -0.2) is 17.6 Å². The zero-order chi connectivity index (χ0) is 5.70. The van der Waals surface area contributed by atoms with E-state index in [2.05, 4.69) is 0 Å². The Morgan fingerprint density at radius 1 is 1.86 bits per heavy atom. The highest BCUT2D eigenvalue weighted by molar-refractivity contribution is 5.66. The van der Waals surface area contributed by atoms with Gasteiger partial charge in [0.05, 0.1) is 13.0 Å². The van der Waals surface area contributed by atoms with E-state index in [-0.39, 0.29) is 13.0 Å². The zero-order valence-corrected chi connectivity index (χ0v) is 3.76. The Morgan fingerprint density at radius 3 is 2.57 bits per heavy atom. The summed E-state index contributed by atoms with van der Waals surface area (Å²) in [5, 5.41) is 17.3. The van der Waals surface area contributed by atoms with Gasteiger partial charge in [0.25, 0.3) is 0 Å². The third kappa shape index (κ3) is 5.39. The first-order valence-electron chi connectivity index (χ1n) is 1.93. The average Bonchev–Trinajstić information content (AvgIpc) is 1.61. The molecule has 0 aliphatic carbocycles. The summed E-state index contributed by atoms with van der Waals surface area (Å²) in [7, 11) is 0. The van der Waals surface area contributed by atoms with Crippen LogP contribution in [-0.2, 0) is 4.79 Å². The van der Waals surface area contributed by atoms with Gasteiger partial charge in [0.15, 0.2) is 0 Å². The Bertz CT molecular complexity index is 63.2. The third-order valence-corrected chi connectivity index (χ3v) is 0.476. The second kappa shape index (κ2) is 3.58. The Hall–Kier alpha value is -0.610. The molecule has 0 atom stereocenters. The van der Waals surface area contributed by atoms with Crippen molar-refractivity contribution < 1.29 is 15.4 Å². The number of nitrogens with two attached hydrogens (primary N) is 1. The molecule has 0 saturated heterocycles. The average molecular weight is 105 g/mol. The lowest BCUT2D eigenvalue weighted by molar-refractivity contribution is -0.587. The molecule has 0 spiro atoms. The number of carboxylic acids is 1. The van der Waals surface area contributed by atoms with Gasteiger partial charge in [-0.15, -0.1) is 0 Å². The van der Waals surface area contributed by atoms with Crippen molar-refractivity contribution in [3.63, 3.8) is 0 Å². The van der Waals surface area contributed by atoms with E-state index in [0.29, 0.717) is 5.48 Å². The van der Waals surface area contributed by atoms with E-state index in [0.717, 1.165) is 0 Å². The van der Waals surface area contributed by atoms with Crippen LogP contribution in [0.4, 0.5) is 0 Å². The first kappa shape index (κ1) is 6.39. The van der Waals surface area contributed by atoms with Crippen LogP contribution in [0.1, 0.15) is 6.42 Å². The van der Waals surface area contributed by atoms with Crippen LogP contribution in [0.3, 0.4) is 0 Å². The van der Waals surface area contributed by atoms with Crippen molar-refractivity contribution in [3.8, 4) is 0 Å². The lowest BCUT2D eigenvalue weighted by Gasteiger charge is -1.95. The summed E-state index contributed by atoms with van der Waals surface area (Å²) in [4.78, 5) is 9.60. The molecule has 0 heterocycles. The van der Waals surface area contributed by atoms with Crippen LogP contribution >= 0.6 is 0 Å². The standard InChI is InChI=1S/C3H7NO3/c5-3(6)1-2-4-7/h1-2,4H2,(H,5,6). The molecule has 0 radical (unpaired) electrons. The number of quaternary nitrogens is 1. The van der Waals surface area contributed by atoms with Crippen LogP contribution in [0.15, 0.2) is 0 Å². The van der Waals surface area contributed by atoms with Crippen LogP contribution < -0.4 is 5.48 Å². The van der Waals surface area contributed by atoms with Gasteiger partial charge >= 0.3 is 5.97 Å². The van der Waals surface area contributed by atoms with Gasteiger partial charge in [-0.3, -0.25) is 4.79 Å². The van der Waals surface area contributed by atoms with Gasteiger partial charge in [0.1, 0.15) is 0 Å². The van der Waals surface area contributed by atoms with E-state index in [1.807, 2.05) is 0 Å². The van der Waals surface area contributed by atoms with E-state index in [1.54, 1.807) is 0 Å². The molecule has 0 aromatic rings. The molecule has 0 aliphatic rings. The van der Waals surface area contributed by atoms with Crippen molar-refractivity contribution in [2.24, 2.45) is 0 Å². The maximum absolute atomic E-state index is 9.60. The lowest BCUT2D eigenvalue weighted by atomic mass is 10.4. The lowest BCUT2D eigenvalue weighted by Crippen LogP contribution is -2.77. The number of aliphatic carboxylic acids is 1. The Morgan fingerprint density at radius 2 is 2.43 bits per heavy atom. The zero-order valence-electron chi connectivity index (χ0n) is 3.76. The fourth-order valence-corrected chi connectivity index (χ4v) is 0.182. The molecule has 42 valence electrons. The molecule has 0 saturated carbocycles. The summed E-state index contributed by atoms with van der Waals surface area (Å²) in [6.07, 6.45) is -0.0521. The second-order valence-corrected chi connectivity index (χ2v) is 1.10. The Balaban J connectivity index is 2.82. The van der Waals surface area contributed by atoms with Crippen molar-refractivity contribution in [2.75, 3.05) is 6.54 Å². The molecule has 7 heavy (non-hydrogen) atoms. The van der Waals surface area contributed by atoms with E-state index in [9.17, 15) is 10.0 Å². The highest BCUT2D eigenvalue weighted by atomic mass is 16.5. The summed E-state index contributed by atoms with van der Waals surface area (Å²) in [6.45, 7) is 0.120. The number of hydrogen-bond donors (Lipinski definition) is 2. The van der Waals surface area contributed by atoms with Gasteiger partial charge in [-0.2, -0.15) is 0 Å². The quantitative estimate of drug-likeness (QED) is 0.430. The first-order valence-corrected chi connectivity index (χ1v) is 1.93. The van der Waals surface area contributed by atoms with Gasteiger partial charge in [-0.25, -0.2) is 0 Å². The van der Waals surface area contributed by atoms with E-state index >= 15 is 0 Å². The molecule has 0 amide bonds. The summed E-state index contributed by atoms with van der Waals surface area (Å²) in [6, 6.07) is 0. The highest BCUT2D eigenvalue weighted by Gasteiger charge is 1.91. The van der Waals surface area contributed by atoms with Gasteiger partial charge in [-0.05, 0) is 0 Å². The van der Waals surface area contributed by atoms with Crippen LogP contribution in [0, 0.1) is 5.21 Å².